The van der Waals surface area contributed by atoms with Crippen molar-refractivity contribution in [3.63, 3.8) is 0 Å². The summed E-state index contributed by atoms with van der Waals surface area (Å²) in [6.45, 7) is 6.59. The normalized spacial score (nSPS) is 11.3. The van der Waals surface area contributed by atoms with E-state index in [0.717, 1.165) is 26.3 Å². The van der Waals surface area contributed by atoms with Crippen LogP contribution in [0.3, 0.4) is 0 Å². The number of aryl methyl sites for hydroxylation is 1. The number of rotatable bonds is 7. The lowest BCUT2D eigenvalue weighted by Crippen LogP contribution is -2.07. The van der Waals surface area contributed by atoms with Gasteiger partial charge in [-0.2, -0.15) is 0 Å². The van der Waals surface area contributed by atoms with Gasteiger partial charge in [0.2, 0.25) is 0 Å². The van der Waals surface area contributed by atoms with Crippen LogP contribution in [0.2, 0.25) is 0 Å². The summed E-state index contributed by atoms with van der Waals surface area (Å²) in [5, 5.41) is 10.1. The fraction of sp³-hybridized carbons (Fsp3) is 0.188. The summed E-state index contributed by atoms with van der Waals surface area (Å²) in [7, 11) is 1.84. The molecule has 0 aliphatic rings. The van der Waals surface area contributed by atoms with Crippen molar-refractivity contribution in [3.05, 3.63) is 57.9 Å². The molecule has 2 aromatic rings. The second kappa shape index (κ2) is 7.91. The topological polar surface area (TPSA) is 63.0 Å². The molecule has 1 aromatic heterocycles. The Morgan fingerprint density at radius 1 is 1.41 bits per heavy atom. The van der Waals surface area contributed by atoms with Crippen LogP contribution in [0, 0.1) is 6.92 Å². The maximum atomic E-state index is 5.64. The van der Waals surface area contributed by atoms with Gasteiger partial charge >= 0.3 is 0 Å². The van der Waals surface area contributed by atoms with Crippen LogP contribution in [0.25, 0.3) is 11.3 Å². The quantitative estimate of drug-likeness (QED) is 0.721. The molecule has 6 heteroatoms. The standard InChI is InChI=1S/C16H20N4S2/c1-11-4-6-13(7-5-11)15-10-21-16(20-15)19-9-14(8-17)22-12(2)18-3/h4-8,10,18H,2,9,17H2,1,3H3,(H,19,20)/b14-8-. The van der Waals surface area contributed by atoms with E-state index in [2.05, 4.69) is 58.8 Å². The molecule has 1 aromatic carbocycles. The molecule has 0 radical (unpaired) electrons. The van der Waals surface area contributed by atoms with Crippen molar-refractivity contribution in [1.82, 2.24) is 10.3 Å². The van der Waals surface area contributed by atoms with Crippen molar-refractivity contribution < 1.29 is 0 Å². The van der Waals surface area contributed by atoms with Crippen molar-refractivity contribution in [2.45, 2.75) is 6.92 Å². The molecule has 2 rings (SSSR count). The zero-order chi connectivity index (χ0) is 15.9. The third kappa shape index (κ3) is 4.54. The molecule has 22 heavy (non-hydrogen) atoms. The largest absolute Gasteiger partial charge is 0.404 e. The van der Waals surface area contributed by atoms with Gasteiger partial charge in [-0.1, -0.05) is 48.2 Å². The van der Waals surface area contributed by atoms with Gasteiger partial charge in [-0.25, -0.2) is 4.98 Å². The first-order valence-corrected chi connectivity index (χ1v) is 8.53. The number of benzene rings is 1. The molecule has 0 atom stereocenters. The number of hydrogen-bond donors (Lipinski definition) is 3. The Hall–Kier alpha value is -1.92. The molecule has 1 heterocycles. The predicted octanol–water partition coefficient (Wildman–Crippen LogP) is 3.75. The number of thiazole rings is 1. The maximum Gasteiger partial charge on any atom is 0.183 e. The molecule has 0 unspecified atom stereocenters. The molecule has 116 valence electrons. The first kappa shape index (κ1) is 16.5. The highest BCUT2D eigenvalue weighted by atomic mass is 32.2. The Morgan fingerprint density at radius 3 is 2.77 bits per heavy atom. The Morgan fingerprint density at radius 2 is 2.14 bits per heavy atom. The first-order chi connectivity index (χ1) is 10.6. The van der Waals surface area contributed by atoms with Gasteiger partial charge in [0.1, 0.15) is 0 Å². The van der Waals surface area contributed by atoms with Crippen LogP contribution in [0.4, 0.5) is 5.13 Å². The van der Waals surface area contributed by atoms with E-state index in [-0.39, 0.29) is 0 Å². The van der Waals surface area contributed by atoms with Gasteiger partial charge in [-0.05, 0) is 6.92 Å². The minimum atomic E-state index is 0.628. The van der Waals surface area contributed by atoms with Crippen LogP contribution in [0.5, 0.6) is 0 Å². The van der Waals surface area contributed by atoms with Crippen LogP contribution in [-0.4, -0.2) is 18.6 Å². The van der Waals surface area contributed by atoms with Crippen LogP contribution < -0.4 is 16.4 Å². The van der Waals surface area contributed by atoms with Crippen molar-refractivity contribution in [1.29, 1.82) is 0 Å². The van der Waals surface area contributed by atoms with E-state index in [4.69, 9.17) is 5.73 Å². The molecule has 0 saturated carbocycles. The molecule has 0 fully saturated rings. The second-order valence-electron chi connectivity index (χ2n) is 4.67. The Balaban J connectivity index is 1.97. The highest BCUT2D eigenvalue weighted by molar-refractivity contribution is 8.06. The number of nitrogens with zero attached hydrogens (tertiary/aromatic N) is 1. The zero-order valence-corrected chi connectivity index (χ0v) is 14.4. The minimum absolute atomic E-state index is 0.628. The first-order valence-electron chi connectivity index (χ1n) is 6.84. The molecular formula is C16H20N4S2. The predicted molar refractivity (Wildman–Crippen MR) is 98.8 cm³/mol. The van der Waals surface area contributed by atoms with Gasteiger partial charge in [0.15, 0.2) is 5.13 Å². The summed E-state index contributed by atoms with van der Waals surface area (Å²) in [4.78, 5) is 5.60. The number of hydrogen-bond acceptors (Lipinski definition) is 6. The summed E-state index contributed by atoms with van der Waals surface area (Å²) in [6.07, 6.45) is 1.59. The van der Waals surface area contributed by atoms with E-state index in [1.165, 1.54) is 17.3 Å². The van der Waals surface area contributed by atoms with E-state index in [1.807, 2.05) is 7.05 Å². The maximum absolute atomic E-state index is 5.64. The van der Waals surface area contributed by atoms with Gasteiger partial charge in [-0.3, -0.25) is 0 Å². The Labute approximate surface area is 139 Å². The fourth-order valence-electron chi connectivity index (χ4n) is 1.71. The fourth-order valence-corrected chi connectivity index (χ4v) is 3.06. The molecule has 4 N–H and O–H groups in total. The summed E-state index contributed by atoms with van der Waals surface area (Å²) in [5.41, 5.74) is 9.00. The van der Waals surface area contributed by atoms with Crippen molar-refractivity contribution in [3.8, 4) is 11.3 Å². The Kier molecular flexibility index (Phi) is 5.91. The SMILES string of the molecule is C=C(NC)S/C(=C\N)CNc1nc(-c2ccc(C)cc2)cs1. The van der Waals surface area contributed by atoms with Gasteiger partial charge in [0.25, 0.3) is 0 Å². The molecule has 0 aliphatic heterocycles. The summed E-state index contributed by atoms with van der Waals surface area (Å²) in [5.74, 6) is 0. The zero-order valence-electron chi connectivity index (χ0n) is 12.7. The molecular weight excluding hydrogens is 312 g/mol. The smallest absolute Gasteiger partial charge is 0.183 e. The van der Waals surface area contributed by atoms with Crippen molar-refractivity contribution in [2.24, 2.45) is 5.73 Å². The number of anilines is 1. The highest BCUT2D eigenvalue weighted by Gasteiger charge is 2.06. The van der Waals surface area contributed by atoms with Crippen LogP contribution in [0.1, 0.15) is 5.56 Å². The minimum Gasteiger partial charge on any atom is -0.404 e. The van der Waals surface area contributed by atoms with Gasteiger partial charge in [-0.15, -0.1) is 11.3 Å². The number of aromatic nitrogens is 1. The Bertz CT molecular complexity index is 659. The lowest BCUT2D eigenvalue weighted by molar-refractivity contribution is 1.08. The van der Waals surface area contributed by atoms with Crippen LogP contribution in [-0.2, 0) is 0 Å². The third-order valence-corrected chi connectivity index (χ3v) is 4.78. The number of nitrogens with two attached hydrogens (primary N) is 1. The van der Waals surface area contributed by atoms with E-state index >= 15 is 0 Å². The van der Waals surface area contributed by atoms with E-state index < -0.39 is 0 Å². The van der Waals surface area contributed by atoms with Crippen LogP contribution in [0.15, 0.2) is 52.4 Å². The monoisotopic (exact) mass is 332 g/mol. The highest BCUT2D eigenvalue weighted by Crippen LogP contribution is 2.26. The summed E-state index contributed by atoms with van der Waals surface area (Å²) >= 11 is 3.10. The van der Waals surface area contributed by atoms with E-state index in [9.17, 15) is 0 Å². The summed E-state index contributed by atoms with van der Waals surface area (Å²) < 4.78 is 0. The van der Waals surface area contributed by atoms with Crippen molar-refractivity contribution >= 4 is 28.2 Å². The van der Waals surface area contributed by atoms with Gasteiger partial charge < -0.3 is 16.4 Å². The van der Waals surface area contributed by atoms with Gasteiger partial charge in [0, 0.05) is 29.1 Å². The average Bonchev–Trinajstić information content (AvgIpc) is 3.00. The molecule has 4 nitrogen and oxygen atoms in total. The van der Waals surface area contributed by atoms with Crippen molar-refractivity contribution in [2.75, 3.05) is 18.9 Å². The molecule has 0 spiro atoms. The number of nitrogens with one attached hydrogen (secondary N) is 2. The van der Waals surface area contributed by atoms with E-state index in [0.29, 0.717) is 6.54 Å². The average molecular weight is 332 g/mol. The second-order valence-corrected chi connectivity index (χ2v) is 6.75. The molecule has 0 saturated heterocycles. The van der Waals surface area contributed by atoms with Gasteiger partial charge in [0.05, 0.1) is 17.3 Å². The third-order valence-electron chi connectivity index (χ3n) is 2.98. The summed E-state index contributed by atoms with van der Waals surface area (Å²) in [6, 6.07) is 8.37. The molecule has 0 amide bonds. The lowest BCUT2D eigenvalue weighted by atomic mass is 10.1. The molecule has 0 bridgehead atoms. The number of thioether (sulfide) groups is 1. The molecule has 0 aliphatic carbocycles. The lowest BCUT2D eigenvalue weighted by Gasteiger charge is -2.08. The van der Waals surface area contributed by atoms with E-state index in [1.54, 1.807) is 17.5 Å². The van der Waals surface area contributed by atoms with Crippen LogP contribution >= 0.6 is 23.1 Å².